The summed E-state index contributed by atoms with van der Waals surface area (Å²) in [5, 5.41) is 6.48. The van der Waals surface area contributed by atoms with Crippen LogP contribution in [0.3, 0.4) is 0 Å². The van der Waals surface area contributed by atoms with E-state index in [1.807, 2.05) is 0 Å². The van der Waals surface area contributed by atoms with E-state index in [-0.39, 0.29) is 0 Å². The Morgan fingerprint density at radius 3 is 2.50 bits per heavy atom. The molecule has 0 aromatic heterocycles. The Morgan fingerprint density at radius 1 is 1.12 bits per heavy atom. The molecule has 2 fully saturated rings. The van der Waals surface area contributed by atoms with Crippen LogP contribution in [0.25, 0.3) is 0 Å². The Bertz CT molecular complexity index is 218. The third-order valence-electron chi connectivity index (χ3n) is 4.04. The third kappa shape index (κ3) is 3.48. The largest absolute Gasteiger partial charge is 0.356 e. The molecule has 2 N–H and O–H groups in total. The molecule has 0 radical (unpaired) electrons. The molecule has 1 heterocycles. The minimum absolute atomic E-state index is 0.312. The standard InChI is InChI=1S/C13H24N2O/c16-13(12-3-1-2-4-12)15-10-7-11-5-8-14-9-6-11/h11-12,14H,1-10H2,(H,15,16). The van der Waals surface area contributed by atoms with Gasteiger partial charge in [-0.15, -0.1) is 0 Å². The summed E-state index contributed by atoms with van der Waals surface area (Å²) < 4.78 is 0. The molecule has 1 amide bonds. The van der Waals surface area contributed by atoms with Crippen LogP contribution in [0.1, 0.15) is 44.9 Å². The fourth-order valence-electron chi connectivity index (χ4n) is 2.90. The second-order valence-corrected chi connectivity index (χ2v) is 5.25. The average Bonchev–Trinajstić information content (AvgIpc) is 2.84. The Labute approximate surface area is 98.4 Å². The molecular weight excluding hydrogens is 200 g/mol. The van der Waals surface area contributed by atoms with E-state index in [1.54, 1.807) is 0 Å². The smallest absolute Gasteiger partial charge is 0.223 e. The van der Waals surface area contributed by atoms with Crippen LogP contribution in [-0.4, -0.2) is 25.5 Å². The van der Waals surface area contributed by atoms with Gasteiger partial charge in [0.1, 0.15) is 0 Å². The molecule has 0 spiro atoms. The van der Waals surface area contributed by atoms with Gasteiger partial charge >= 0.3 is 0 Å². The first kappa shape index (κ1) is 11.9. The minimum Gasteiger partial charge on any atom is -0.356 e. The highest BCUT2D eigenvalue weighted by atomic mass is 16.1. The van der Waals surface area contributed by atoms with Gasteiger partial charge in [0, 0.05) is 12.5 Å². The maximum atomic E-state index is 11.8. The van der Waals surface area contributed by atoms with Gasteiger partial charge < -0.3 is 10.6 Å². The highest BCUT2D eigenvalue weighted by Gasteiger charge is 2.22. The minimum atomic E-state index is 0.312. The van der Waals surface area contributed by atoms with Crippen LogP contribution in [0.4, 0.5) is 0 Å². The summed E-state index contributed by atoms with van der Waals surface area (Å²) in [6.45, 7) is 3.20. The number of piperidine rings is 1. The number of carbonyl (C=O) groups excluding carboxylic acids is 1. The maximum absolute atomic E-state index is 11.8. The van der Waals surface area contributed by atoms with E-state index in [1.165, 1.54) is 32.1 Å². The molecule has 1 aliphatic carbocycles. The van der Waals surface area contributed by atoms with E-state index < -0.39 is 0 Å². The Balaban J connectivity index is 1.57. The summed E-state index contributed by atoms with van der Waals surface area (Å²) in [4.78, 5) is 11.8. The van der Waals surface area contributed by atoms with E-state index in [4.69, 9.17) is 0 Å². The van der Waals surface area contributed by atoms with Crippen molar-refractivity contribution in [2.45, 2.75) is 44.9 Å². The highest BCUT2D eigenvalue weighted by Crippen LogP contribution is 2.24. The fraction of sp³-hybridized carbons (Fsp3) is 0.923. The van der Waals surface area contributed by atoms with Crippen molar-refractivity contribution in [1.82, 2.24) is 10.6 Å². The van der Waals surface area contributed by atoms with Crippen molar-refractivity contribution in [2.24, 2.45) is 11.8 Å². The summed E-state index contributed by atoms with van der Waals surface area (Å²) >= 11 is 0. The van der Waals surface area contributed by atoms with Gasteiger partial charge in [0.05, 0.1) is 0 Å². The number of rotatable bonds is 4. The molecule has 0 aromatic rings. The van der Waals surface area contributed by atoms with Crippen LogP contribution >= 0.6 is 0 Å². The lowest BCUT2D eigenvalue weighted by Gasteiger charge is -2.22. The van der Waals surface area contributed by atoms with Crippen molar-refractivity contribution in [1.29, 1.82) is 0 Å². The van der Waals surface area contributed by atoms with Gasteiger partial charge in [0.15, 0.2) is 0 Å². The molecule has 1 saturated carbocycles. The monoisotopic (exact) mass is 224 g/mol. The first-order valence-corrected chi connectivity index (χ1v) is 6.84. The van der Waals surface area contributed by atoms with Crippen molar-refractivity contribution in [3.63, 3.8) is 0 Å². The topological polar surface area (TPSA) is 41.1 Å². The molecule has 1 aliphatic heterocycles. The normalized spacial score (nSPS) is 23.5. The molecule has 3 heteroatoms. The third-order valence-corrected chi connectivity index (χ3v) is 4.04. The van der Waals surface area contributed by atoms with Crippen molar-refractivity contribution >= 4 is 5.91 Å². The van der Waals surface area contributed by atoms with Gasteiger partial charge in [0.2, 0.25) is 5.91 Å². The molecule has 0 bridgehead atoms. The van der Waals surface area contributed by atoms with Crippen LogP contribution in [-0.2, 0) is 4.79 Å². The summed E-state index contributed by atoms with van der Waals surface area (Å²) in [6.07, 6.45) is 8.43. The average molecular weight is 224 g/mol. The van der Waals surface area contributed by atoms with E-state index in [2.05, 4.69) is 10.6 Å². The van der Waals surface area contributed by atoms with E-state index >= 15 is 0 Å². The van der Waals surface area contributed by atoms with Crippen LogP contribution in [0, 0.1) is 11.8 Å². The van der Waals surface area contributed by atoms with Crippen LogP contribution in [0.2, 0.25) is 0 Å². The second-order valence-electron chi connectivity index (χ2n) is 5.25. The molecule has 0 aromatic carbocycles. The van der Waals surface area contributed by atoms with Crippen molar-refractivity contribution < 1.29 is 4.79 Å². The lowest BCUT2D eigenvalue weighted by Crippen LogP contribution is -2.33. The van der Waals surface area contributed by atoms with Crippen LogP contribution in [0.15, 0.2) is 0 Å². The number of amides is 1. The van der Waals surface area contributed by atoms with Gasteiger partial charge in [0.25, 0.3) is 0 Å². The predicted molar refractivity (Wildman–Crippen MR) is 65.2 cm³/mol. The van der Waals surface area contributed by atoms with Gasteiger partial charge in [-0.25, -0.2) is 0 Å². The van der Waals surface area contributed by atoms with E-state index in [9.17, 15) is 4.79 Å². The molecule has 16 heavy (non-hydrogen) atoms. The molecule has 2 rings (SSSR count). The molecule has 2 aliphatic rings. The van der Waals surface area contributed by atoms with Gasteiger partial charge in [-0.3, -0.25) is 4.79 Å². The molecule has 1 saturated heterocycles. The molecule has 0 atom stereocenters. The van der Waals surface area contributed by atoms with E-state index in [0.717, 1.165) is 38.4 Å². The first-order valence-electron chi connectivity index (χ1n) is 6.84. The molecule has 0 unspecified atom stereocenters. The highest BCUT2D eigenvalue weighted by molar-refractivity contribution is 5.78. The molecular formula is C13H24N2O. The number of nitrogens with one attached hydrogen (secondary N) is 2. The Kier molecular flexibility index (Phi) is 4.64. The van der Waals surface area contributed by atoms with Gasteiger partial charge in [-0.2, -0.15) is 0 Å². The van der Waals surface area contributed by atoms with Crippen LogP contribution < -0.4 is 10.6 Å². The predicted octanol–water partition coefficient (Wildman–Crippen LogP) is 1.68. The second kappa shape index (κ2) is 6.24. The van der Waals surface area contributed by atoms with Gasteiger partial charge in [-0.05, 0) is 51.1 Å². The Morgan fingerprint density at radius 2 is 1.81 bits per heavy atom. The fourth-order valence-corrected chi connectivity index (χ4v) is 2.90. The van der Waals surface area contributed by atoms with Crippen molar-refractivity contribution in [2.75, 3.05) is 19.6 Å². The molecule has 3 nitrogen and oxygen atoms in total. The molecule has 92 valence electrons. The SMILES string of the molecule is O=C(NCCC1CCNCC1)C1CCCC1. The van der Waals surface area contributed by atoms with Crippen LogP contribution in [0.5, 0.6) is 0 Å². The van der Waals surface area contributed by atoms with Crippen molar-refractivity contribution in [3.05, 3.63) is 0 Å². The summed E-state index contributed by atoms with van der Waals surface area (Å²) in [5.41, 5.74) is 0. The number of hydrogen-bond acceptors (Lipinski definition) is 2. The van der Waals surface area contributed by atoms with E-state index in [0.29, 0.717) is 11.8 Å². The van der Waals surface area contributed by atoms with Crippen molar-refractivity contribution in [3.8, 4) is 0 Å². The van der Waals surface area contributed by atoms with Gasteiger partial charge in [-0.1, -0.05) is 12.8 Å². The first-order chi connectivity index (χ1) is 7.86. The maximum Gasteiger partial charge on any atom is 0.223 e. The Hall–Kier alpha value is -0.570. The summed E-state index contributed by atoms with van der Waals surface area (Å²) in [6, 6.07) is 0. The quantitative estimate of drug-likeness (QED) is 0.763. The zero-order valence-corrected chi connectivity index (χ0v) is 10.1. The lowest BCUT2D eigenvalue weighted by atomic mass is 9.94. The number of hydrogen-bond donors (Lipinski definition) is 2. The lowest BCUT2D eigenvalue weighted by molar-refractivity contribution is -0.124. The zero-order valence-electron chi connectivity index (χ0n) is 10.1. The zero-order chi connectivity index (χ0) is 11.2. The number of carbonyl (C=O) groups is 1. The summed E-state index contributed by atoms with van der Waals surface area (Å²) in [5.74, 6) is 1.46. The summed E-state index contributed by atoms with van der Waals surface area (Å²) in [7, 11) is 0.